The van der Waals surface area contributed by atoms with E-state index in [2.05, 4.69) is 9.97 Å². The second kappa shape index (κ2) is 6.53. The van der Waals surface area contributed by atoms with Crippen LogP contribution in [0.2, 0.25) is 0 Å². The number of hydrogen-bond donors (Lipinski definition) is 0. The fourth-order valence-corrected chi connectivity index (χ4v) is 2.17. The molecule has 0 saturated heterocycles. The lowest BCUT2D eigenvalue weighted by Crippen LogP contribution is -2.15. The molecule has 0 fully saturated rings. The monoisotopic (exact) mass is 329 g/mol. The molecule has 2 aromatic heterocycles. The Morgan fingerprint density at radius 1 is 1.42 bits per heavy atom. The van der Waals surface area contributed by atoms with Gasteiger partial charge in [-0.1, -0.05) is 0 Å². The zero-order valence-corrected chi connectivity index (χ0v) is 13.1. The van der Waals surface area contributed by atoms with Crippen LogP contribution in [0, 0.1) is 0 Å². The normalized spacial score (nSPS) is 17.6. The van der Waals surface area contributed by atoms with Crippen LogP contribution in [0.15, 0.2) is 42.6 Å². The number of ether oxygens (including phenoxy) is 3. The number of aromatic nitrogens is 3. The average molecular weight is 329 g/mol. The third-order valence-corrected chi connectivity index (χ3v) is 3.31. The minimum Gasteiger partial charge on any atom is -0.461 e. The predicted octanol–water partition coefficient (Wildman–Crippen LogP) is 1.64. The largest absolute Gasteiger partial charge is 0.461 e. The number of cyclic esters (lactones) is 1. The van der Waals surface area contributed by atoms with Crippen molar-refractivity contribution in [1.29, 1.82) is 0 Å². The summed E-state index contributed by atoms with van der Waals surface area (Å²) in [6.07, 6.45) is 6.55. The summed E-state index contributed by atoms with van der Waals surface area (Å²) < 4.78 is 16.9. The smallest absolute Gasteiger partial charge is 0.358 e. The first-order valence-corrected chi connectivity index (χ1v) is 7.30. The predicted molar refractivity (Wildman–Crippen MR) is 83.2 cm³/mol. The summed E-state index contributed by atoms with van der Waals surface area (Å²) in [6.45, 7) is 3.53. The average Bonchev–Trinajstić information content (AvgIpc) is 3.12. The summed E-state index contributed by atoms with van der Waals surface area (Å²) in [5.41, 5.74) is 1.65. The highest BCUT2D eigenvalue weighted by atomic mass is 16.7. The Bertz CT molecular complexity index is 852. The number of carbonyl (C=O) groups is 2. The zero-order valence-electron chi connectivity index (χ0n) is 13.1. The fourth-order valence-electron chi connectivity index (χ4n) is 2.17. The highest BCUT2D eigenvalue weighted by Crippen LogP contribution is 2.19. The van der Waals surface area contributed by atoms with E-state index in [0.29, 0.717) is 16.7 Å². The van der Waals surface area contributed by atoms with E-state index >= 15 is 0 Å². The molecule has 0 amide bonds. The Balaban J connectivity index is 1.93. The van der Waals surface area contributed by atoms with Crippen molar-refractivity contribution in [3.05, 3.63) is 42.6 Å². The van der Waals surface area contributed by atoms with Crippen molar-refractivity contribution >= 4 is 28.8 Å². The molecule has 0 aromatic carbocycles. The summed E-state index contributed by atoms with van der Waals surface area (Å²) in [6, 6.07) is 1.72. The molecule has 8 heteroatoms. The quantitative estimate of drug-likeness (QED) is 0.468. The molecule has 3 rings (SSSR count). The van der Waals surface area contributed by atoms with Crippen molar-refractivity contribution in [1.82, 2.24) is 14.5 Å². The van der Waals surface area contributed by atoms with E-state index in [9.17, 15) is 9.59 Å². The maximum atomic E-state index is 12.3. The summed E-state index contributed by atoms with van der Waals surface area (Å²) in [4.78, 5) is 32.0. The van der Waals surface area contributed by atoms with Crippen LogP contribution in [-0.4, -0.2) is 39.4 Å². The van der Waals surface area contributed by atoms with Gasteiger partial charge in [-0.3, -0.25) is 9.55 Å². The van der Waals surface area contributed by atoms with Crippen LogP contribution >= 0.6 is 0 Å². The zero-order chi connectivity index (χ0) is 17.1. The first-order chi connectivity index (χ1) is 11.6. The number of rotatable bonds is 5. The molecular formula is C16H15N3O5. The van der Waals surface area contributed by atoms with Gasteiger partial charge >= 0.3 is 11.9 Å². The van der Waals surface area contributed by atoms with E-state index in [1.165, 1.54) is 23.1 Å². The molecule has 1 atom stereocenters. The van der Waals surface area contributed by atoms with Crippen molar-refractivity contribution in [2.45, 2.75) is 20.1 Å². The molecule has 0 radical (unpaired) electrons. The Morgan fingerprint density at radius 3 is 2.92 bits per heavy atom. The van der Waals surface area contributed by atoms with Crippen LogP contribution in [0.25, 0.3) is 16.9 Å². The van der Waals surface area contributed by atoms with Crippen molar-refractivity contribution in [3.63, 3.8) is 0 Å². The lowest BCUT2D eigenvalue weighted by Gasteiger charge is -2.12. The van der Waals surface area contributed by atoms with Gasteiger partial charge in [0.1, 0.15) is 11.8 Å². The lowest BCUT2D eigenvalue weighted by atomic mass is 10.3. The molecule has 1 unspecified atom stereocenters. The van der Waals surface area contributed by atoms with Gasteiger partial charge in [0.15, 0.2) is 11.3 Å². The van der Waals surface area contributed by atoms with E-state index < -0.39 is 18.2 Å². The number of hydrogen-bond acceptors (Lipinski definition) is 7. The van der Waals surface area contributed by atoms with Gasteiger partial charge in [0.05, 0.1) is 6.61 Å². The maximum absolute atomic E-state index is 12.3. The summed E-state index contributed by atoms with van der Waals surface area (Å²) in [7, 11) is 0. The number of esters is 2. The molecule has 0 saturated carbocycles. The summed E-state index contributed by atoms with van der Waals surface area (Å²) >= 11 is 0. The highest BCUT2D eigenvalue weighted by Gasteiger charge is 2.24. The summed E-state index contributed by atoms with van der Waals surface area (Å²) in [5, 5.41) is 0. The molecule has 124 valence electrons. The van der Waals surface area contributed by atoms with E-state index in [1.54, 1.807) is 32.3 Å². The minimum absolute atomic E-state index is 0.0985. The van der Waals surface area contributed by atoms with Gasteiger partial charge in [-0.25, -0.2) is 14.6 Å². The summed E-state index contributed by atoms with van der Waals surface area (Å²) in [5.74, 6) is -1.05. The Morgan fingerprint density at radius 2 is 2.21 bits per heavy atom. The van der Waals surface area contributed by atoms with Crippen LogP contribution in [0.1, 0.15) is 13.8 Å². The van der Waals surface area contributed by atoms with Gasteiger partial charge in [0, 0.05) is 30.2 Å². The van der Waals surface area contributed by atoms with Crippen molar-refractivity contribution in [2.75, 3.05) is 6.61 Å². The van der Waals surface area contributed by atoms with Crippen LogP contribution in [0.5, 0.6) is 0 Å². The Hall–Kier alpha value is -3.16. The van der Waals surface area contributed by atoms with Crippen LogP contribution in [0.3, 0.4) is 0 Å². The molecule has 0 bridgehead atoms. The third kappa shape index (κ3) is 2.98. The van der Waals surface area contributed by atoms with Gasteiger partial charge in [-0.05, 0) is 19.9 Å². The maximum Gasteiger partial charge on any atom is 0.358 e. The third-order valence-electron chi connectivity index (χ3n) is 3.31. The molecule has 1 aliphatic rings. The molecule has 0 spiro atoms. The van der Waals surface area contributed by atoms with E-state index in [0.717, 1.165) is 0 Å². The molecule has 0 aliphatic carbocycles. The molecule has 2 aromatic rings. The minimum atomic E-state index is -0.880. The SMILES string of the molecule is CCOC(=O)/C(=C/OC1C=C(C)C(=O)O1)n1ccc2nccnc21. The highest BCUT2D eigenvalue weighted by molar-refractivity contribution is 6.11. The lowest BCUT2D eigenvalue weighted by molar-refractivity contribution is -0.152. The number of carbonyl (C=O) groups excluding carboxylic acids is 2. The van der Waals surface area contributed by atoms with E-state index in [4.69, 9.17) is 14.2 Å². The second-order valence-electron chi connectivity index (χ2n) is 4.93. The Labute approximate surface area is 137 Å². The van der Waals surface area contributed by atoms with Crippen LogP contribution < -0.4 is 0 Å². The van der Waals surface area contributed by atoms with Crippen molar-refractivity contribution in [3.8, 4) is 0 Å². The Kier molecular flexibility index (Phi) is 4.28. The van der Waals surface area contributed by atoms with E-state index in [1.807, 2.05) is 0 Å². The van der Waals surface area contributed by atoms with Crippen molar-refractivity contribution < 1.29 is 23.8 Å². The number of fused-ring (bicyclic) bond motifs is 1. The molecule has 8 nitrogen and oxygen atoms in total. The van der Waals surface area contributed by atoms with Gasteiger partial charge < -0.3 is 14.2 Å². The standard InChI is InChI=1S/C16H15N3O5/c1-3-22-16(21)12(9-23-13-8-10(2)15(20)24-13)19-7-4-11-14(19)18-6-5-17-11/h4-9,13H,3H2,1-2H3/b12-9-. The van der Waals surface area contributed by atoms with Crippen molar-refractivity contribution in [2.24, 2.45) is 0 Å². The first-order valence-electron chi connectivity index (χ1n) is 7.30. The number of nitrogens with zero attached hydrogens (tertiary/aromatic N) is 3. The first kappa shape index (κ1) is 15.7. The van der Waals surface area contributed by atoms with Gasteiger partial charge in [0.2, 0.25) is 0 Å². The van der Waals surface area contributed by atoms with Crippen LogP contribution in [-0.2, 0) is 23.8 Å². The van der Waals surface area contributed by atoms with Gasteiger partial charge in [-0.2, -0.15) is 0 Å². The second-order valence-corrected chi connectivity index (χ2v) is 4.93. The fraction of sp³-hybridized carbons (Fsp3) is 0.250. The molecule has 3 heterocycles. The molecular weight excluding hydrogens is 314 g/mol. The van der Waals surface area contributed by atoms with Crippen LogP contribution in [0.4, 0.5) is 0 Å². The molecule has 0 N–H and O–H groups in total. The van der Waals surface area contributed by atoms with Gasteiger partial charge in [0.25, 0.3) is 6.29 Å². The van der Waals surface area contributed by atoms with E-state index in [-0.39, 0.29) is 12.3 Å². The molecule has 1 aliphatic heterocycles. The topological polar surface area (TPSA) is 92.5 Å². The van der Waals surface area contributed by atoms with Gasteiger partial charge in [-0.15, -0.1) is 0 Å². The molecule has 24 heavy (non-hydrogen) atoms.